The van der Waals surface area contributed by atoms with Crippen molar-refractivity contribution in [2.24, 2.45) is 11.1 Å². The number of nitrogens with zero attached hydrogens (tertiary/aromatic N) is 1. The van der Waals surface area contributed by atoms with Crippen molar-refractivity contribution in [3.8, 4) is 0 Å². The summed E-state index contributed by atoms with van der Waals surface area (Å²) < 4.78 is 0. The highest BCUT2D eigenvalue weighted by Gasteiger charge is 2.35. The zero-order valence-corrected chi connectivity index (χ0v) is 14.6. The first-order chi connectivity index (χ1) is 9.63. The maximum Gasteiger partial charge on any atom is 0.254 e. The molecule has 2 aliphatic rings. The van der Waals surface area contributed by atoms with Crippen LogP contribution in [0, 0.1) is 5.41 Å². The van der Waals surface area contributed by atoms with Gasteiger partial charge in [-0.2, -0.15) is 0 Å². The van der Waals surface area contributed by atoms with E-state index in [4.69, 9.17) is 5.73 Å². The van der Waals surface area contributed by atoms with Crippen LogP contribution >= 0.6 is 24.8 Å². The van der Waals surface area contributed by atoms with Crippen molar-refractivity contribution in [3.05, 3.63) is 29.3 Å². The van der Waals surface area contributed by atoms with E-state index in [2.05, 4.69) is 18.3 Å². The van der Waals surface area contributed by atoms with Crippen LogP contribution in [0.3, 0.4) is 0 Å². The second-order valence-corrected chi connectivity index (χ2v) is 6.35. The summed E-state index contributed by atoms with van der Waals surface area (Å²) in [6, 6.07) is 6.01. The maximum absolute atomic E-state index is 12.8. The highest BCUT2D eigenvalue weighted by Crippen LogP contribution is 2.32. The van der Waals surface area contributed by atoms with E-state index in [0.29, 0.717) is 6.54 Å². The highest BCUT2D eigenvalue weighted by molar-refractivity contribution is 5.97. The van der Waals surface area contributed by atoms with E-state index in [1.165, 1.54) is 5.56 Å². The van der Waals surface area contributed by atoms with Gasteiger partial charge in [-0.05, 0) is 48.9 Å². The number of likely N-dealkylation sites (tertiary alicyclic amines) is 1. The molecule has 3 rings (SSSR count). The van der Waals surface area contributed by atoms with Crippen LogP contribution in [0.2, 0.25) is 0 Å². The normalized spacial score (nSPS) is 22.9. The number of benzene rings is 1. The molecule has 1 amide bonds. The summed E-state index contributed by atoms with van der Waals surface area (Å²) in [5.41, 5.74) is 9.10. The van der Waals surface area contributed by atoms with E-state index in [1.54, 1.807) is 0 Å². The molecule has 1 aromatic carbocycles. The molecular weight excluding hydrogens is 321 g/mol. The third kappa shape index (κ3) is 3.50. The second-order valence-electron chi connectivity index (χ2n) is 6.35. The molecule has 0 aromatic heterocycles. The minimum atomic E-state index is 0. The fraction of sp³-hybridized carbons (Fsp3) is 0.562. The van der Waals surface area contributed by atoms with Crippen LogP contribution in [0.25, 0.3) is 0 Å². The van der Waals surface area contributed by atoms with Gasteiger partial charge in [0.15, 0.2) is 0 Å². The Morgan fingerprint density at radius 1 is 1.41 bits per heavy atom. The predicted molar refractivity (Wildman–Crippen MR) is 95.4 cm³/mol. The van der Waals surface area contributed by atoms with Crippen LogP contribution in [0.1, 0.15) is 35.7 Å². The minimum Gasteiger partial charge on any atom is -0.385 e. The molecule has 4 nitrogen and oxygen atoms in total. The molecule has 1 unspecified atom stereocenters. The Bertz CT molecular complexity index is 538. The number of fused-ring (bicyclic) bond motifs is 1. The monoisotopic (exact) mass is 345 g/mol. The number of hydrogen-bond acceptors (Lipinski definition) is 3. The molecule has 2 heterocycles. The summed E-state index contributed by atoms with van der Waals surface area (Å²) in [5.74, 6) is 0.169. The van der Waals surface area contributed by atoms with Crippen LogP contribution in [-0.4, -0.2) is 37.0 Å². The fourth-order valence-electron chi connectivity index (χ4n) is 3.24. The van der Waals surface area contributed by atoms with Crippen LogP contribution in [0.4, 0.5) is 5.69 Å². The molecule has 1 atom stereocenters. The van der Waals surface area contributed by atoms with Gasteiger partial charge in [0, 0.05) is 30.9 Å². The SMILES string of the molecule is CC1(CN)CCN(C(=O)c2cccc3c2CCCN3)C1.Cl.Cl. The summed E-state index contributed by atoms with van der Waals surface area (Å²) >= 11 is 0. The molecule has 124 valence electrons. The standard InChI is InChI=1S/C16H23N3O.2ClH/c1-16(10-17)7-9-19(11-16)15(20)13-4-2-6-14-12(13)5-3-8-18-14;;/h2,4,6,18H,3,5,7-11,17H2,1H3;2*1H. The Labute approximate surface area is 144 Å². The van der Waals surface area contributed by atoms with Gasteiger partial charge in [-0.3, -0.25) is 4.79 Å². The zero-order chi connectivity index (χ0) is 14.2. The van der Waals surface area contributed by atoms with Gasteiger partial charge >= 0.3 is 0 Å². The molecule has 3 N–H and O–H groups in total. The number of anilines is 1. The molecule has 22 heavy (non-hydrogen) atoms. The van der Waals surface area contributed by atoms with Gasteiger partial charge in [0.1, 0.15) is 0 Å². The number of halogens is 2. The molecule has 2 aliphatic heterocycles. The lowest BCUT2D eigenvalue weighted by Crippen LogP contribution is -2.35. The van der Waals surface area contributed by atoms with Gasteiger partial charge in [-0.15, -0.1) is 24.8 Å². The molecule has 0 spiro atoms. The Balaban J connectivity index is 0.00000121. The zero-order valence-electron chi connectivity index (χ0n) is 12.9. The van der Waals surface area contributed by atoms with E-state index < -0.39 is 0 Å². The van der Waals surface area contributed by atoms with Crippen molar-refractivity contribution in [2.75, 3.05) is 31.5 Å². The van der Waals surface area contributed by atoms with Crippen LogP contribution in [0.5, 0.6) is 0 Å². The lowest BCUT2D eigenvalue weighted by atomic mass is 9.90. The predicted octanol–water partition coefficient (Wildman–Crippen LogP) is 2.70. The van der Waals surface area contributed by atoms with Crippen molar-refractivity contribution in [1.29, 1.82) is 0 Å². The van der Waals surface area contributed by atoms with Crippen molar-refractivity contribution >= 4 is 36.4 Å². The van der Waals surface area contributed by atoms with Gasteiger partial charge in [0.05, 0.1) is 0 Å². The molecule has 1 fully saturated rings. The van der Waals surface area contributed by atoms with Crippen molar-refractivity contribution in [1.82, 2.24) is 4.90 Å². The molecule has 6 heteroatoms. The van der Waals surface area contributed by atoms with Crippen molar-refractivity contribution < 1.29 is 4.79 Å². The topological polar surface area (TPSA) is 58.4 Å². The number of carbonyl (C=O) groups is 1. The smallest absolute Gasteiger partial charge is 0.254 e. The molecule has 1 saturated heterocycles. The van der Waals surface area contributed by atoms with E-state index in [0.717, 1.165) is 50.1 Å². The first-order valence-electron chi connectivity index (χ1n) is 7.48. The quantitative estimate of drug-likeness (QED) is 0.866. The summed E-state index contributed by atoms with van der Waals surface area (Å²) in [7, 11) is 0. The Morgan fingerprint density at radius 2 is 2.18 bits per heavy atom. The van der Waals surface area contributed by atoms with Gasteiger partial charge in [-0.25, -0.2) is 0 Å². The number of amides is 1. The van der Waals surface area contributed by atoms with Crippen LogP contribution < -0.4 is 11.1 Å². The van der Waals surface area contributed by atoms with Crippen molar-refractivity contribution in [2.45, 2.75) is 26.2 Å². The number of hydrogen-bond donors (Lipinski definition) is 2. The summed E-state index contributed by atoms with van der Waals surface area (Å²) in [5, 5.41) is 3.39. The van der Waals surface area contributed by atoms with E-state index in [-0.39, 0.29) is 36.1 Å². The second kappa shape index (κ2) is 7.53. The van der Waals surface area contributed by atoms with Crippen molar-refractivity contribution in [3.63, 3.8) is 0 Å². The minimum absolute atomic E-state index is 0. The Morgan fingerprint density at radius 3 is 2.86 bits per heavy atom. The molecule has 0 bridgehead atoms. The largest absolute Gasteiger partial charge is 0.385 e. The molecular formula is C16H25Cl2N3O. The summed E-state index contributed by atoms with van der Waals surface area (Å²) in [6.07, 6.45) is 3.09. The van der Waals surface area contributed by atoms with E-state index >= 15 is 0 Å². The fourth-order valence-corrected chi connectivity index (χ4v) is 3.24. The van der Waals surface area contributed by atoms with Gasteiger partial charge in [-0.1, -0.05) is 13.0 Å². The summed E-state index contributed by atoms with van der Waals surface area (Å²) in [6.45, 7) is 5.41. The lowest BCUT2D eigenvalue weighted by molar-refractivity contribution is 0.0775. The van der Waals surface area contributed by atoms with E-state index in [9.17, 15) is 4.79 Å². The average molecular weight is 346 g/mol. The molecule has 1 aromatic rings. The third-order valence-corrected chi connectivity index (χ3v) is 4.66. The number of carbonyl (C=O) groups excluding carboxylic acids is 1. The first-order valence-corrected chi connectivity index (χ1v) is 7.48. The van der Waals surface area contributed by atoms with Crippen LogP contribution in [0.15, 0.2) is 18.2 Å². The maximum atomic E-state index is 12.8. The Kier molecular flexibility index (Phi) is 6.53. The molecule has 0 saturated carbocycles. The highest BCUT2D eigenvalue weighted by atomic mass is 35.5. The lowest BCUT2D eigenvalue weighted by Gasteiger charge is -2.25. The molecule has 0 radical (unpaired) electrons. The first kappa shape index (κ1) is 19.1. The Hall–Kier alpha value is -0.970. The summed E-state index contributed by atoms with van der Waals surface area (Å²) in [4.78, 5) is 14.7. The third-order valence-electron chi connectivity index (χ3n) is 4.66. The van der Waals surface area contributed by atoms with Crippen LogP contribution in [-0.2, 0) is 6.42 Å². The van der Waals surface area contributed by atoms with E-state index in [1.807, 2.05) is 17.0 Å². The van der Waals surface area contributed by atoms with Gasteiger partial charge in [0.2, 0.25) is 0 Å². The molecule has 0 aliphatic carbocycles. The number of nitrogens with one attached hydrogen (secondary N) is 1. The number of nitrogens with two attached hydrogens (primary N) is 1. The van der Waals surface area contributed by atoms with Gasteiger partial charge < -0.3 is 16.0 Å². The number of rotatable bonds is 2. The average Bonchev–Trinajstić information content (AvgIpc) is 2.89. The van der Waals surface area contributed by atoms with Gasteiger partial charge in [0.25, 0.3) is 5.91 Å².